The first-order valence-corrected chi connectivity index (χ1v) is 8.59. The van der Waals surface area contributed by atoms with E-state index in [0.29, 0.717) is 24.2 Å². The van der Waals surface area contributed by atoms with Crippen LogP contribution in [-0.4, -0.2) is 17.9 Å². The van der Waals surface area contributed by atoms with Crippen LogP contribution in [0.25, 0.3) is 0 Å². The van der Waals surface area contributed by atoms with Crippen LogP contribution in [0.2, 0.25) is 0 Å². The second kappa shape index (κ2) is 8.56. The first kappa shape index (κ1) is 18.7. The standard InChI is InChI=1S/C22H20F2N2O/c1-26(15-18-11-12-19(23)13-21(18)24)14-16-7-9-17(10-8-16)22(27)25-20-5-3-2-4-6-20/h2-13H,14-15H2,1H3,(H,25,27). The second-order valence-electron chi connectivity index (χ2n) is 6.43. The van der Waals surface area contributed by atoms with Gasteiger partial charge in [0.05, 0.1) is 0 Å². The van der Waals surface area contributed by atoms with Crippen molar-refractivity contribution in [2.24, 2.45) is 0 Å². The van der Waals surface area contributed by atoms with E-state index in [1.807, 2.05) is 54.4 Å². The molecular formula is C22H20F2N2O. The van der Waals surface area contributed by atoms with Crippen LogP contribution >= 0.6 is 0 Å². The highest BCUT2D eigenvalue weighted by Crippen LogP contribution is 2.14. The van der Waals surface area contributed by atoms with Gasteiger partial charge in [-0.05, 0) is 42.9 Å². The van der Waals surface area contributed by atoms with Gasteiger partial charge in [0.1, 0.15) is 11.6 Å². The molecule has 0 heterocycles. The molecule has 138 valence electrons. The number of benzene rings is 3. The summed E-state index contributed by atoms with van der Waals surface area (Å²) in [7, 11) is 1.86. The molecule has 5 heteroatoms. The molecule has 0 aliphatic heterocycles. The Balaban J connectivity index is 1.59. The lowest BCUT2D eigenvalue weighted by Gasteiger charge is -2.17. The molecule has 27 heavy (non-hydrogen) atoms. The number of amides is 1. The number of hydrogen-bond acceptors (Lipinski definition) is 2. The number of para-hydroxylation sites is 1. The van der Waals surface area contributed by atoms with Crippen LogP contribution in [-0.2, 0) is 13.1 Å². The van der Waals surface area contributed by atoms with Crippen LogP contribution in [0.3, 0.4) is 0 Å². The summed E-state index contributed by atoms with van der Waals surface area (Å²) in [6.07, 6.45) is 0. The monoisotopic (exact) mass is 366 g/mol. The van der Waals surface area contributed by atoms with Gasteiger partial charge in [0, 0.05) is 36.0 Å². The van der Waals surface area contributed by atoms with E-state index in [-0.39, 0.29) is 5.91 Å². The highest BCUT2D eigenvalue weighted by Gasteiger charge is 2.09. The largest absolute Gasteiger partial charge is 0.322 e. The zero-order valence-electron chi connectivity index (χ0n) is 15.0. The minimum Gasteiger partial charge on any atom is -0.322 e. The zero-order chi connectivity index (χ0) is 19.2. The maximum Gasteiger partial charge on any atom is 0.255 e. The van der Waals surface area contributed by atoms with E-state index in [9.17, 15) is 13.6 Å². The molecule has 3 rings (SSSR count). The van der Waals surface area contributed by atoms with Gasteiger partial charge in [-0.2, -0.15) is 0 Å². The van der Waals surface area contributed by atoms with Crippen LogP contribution in [0, 0.1) is 11.6 Å². The van der Waals surface area contributed by atoms with Crippen molar-refractivity contribution < 1.29 is 13.6 Å². The number of hydrogen-bond donors (Lipinski definition) is 1. The molecule has 3 aromatic rings. The second-order valence-corrected chi connectivity index (χ2v) is 6.43. The van der Waals surface area contributed by atoms with Gasteiger partial charge < -0.3 is 5.32 Å². The molecule has 0 aliphatic rings. The van der Waals surface area contributed by atoms with Gasteiger partial charge in [-0.25, -0.2) is 8.78 Å². The summed E-state index contributed by atoms with van der Waals surface area (Å²) >= 11 is 0. The van der Waals surface area contributed by atoms with Crippen molar-refractivity contribution in [3.63, 3.8) is 0 Å². The molecule has 0 aliphatic carbocycles. The lowest BCUT2D eigenvalue weighted by atomic mass is 10.1. The van der Waals surface area contributed by atoms with Crippen molar-refractivity contribution in [2.75, 3.05) is 12.4 Å². The molecule has 3 nitrogen and oxygen atoms in total. The maximum absolute atomic E-state index is 13.8. The van der Waals surface area contributed by atoms with E-state index < -0.39 is 11.6 Å². The predicted octanol–water partition coefficient (Wildman–Crippen LogP) is 4.85. The minimum atomic E-state index is -0.580. The van der Waals surface area contributed by atoms with Crippen molar-refractivity contribution in [1.82, 2.24) is 4.90 Å². The fourth-order valence-electron chi connectivity index (χ4n) is 2.79. The van der Waals surface area contributed by atoms with Gasteiger partial charge in [0.2, 0.25) is 0 Å². The Kier molecular flexibility index (Phi) is 5.94. The van der Waals surface area contributed by atoms with Crippen molar-refractivity contribution >= 4 is 11.6 Å². The van der Waals surface area contributed by atoms with Crippen molar-refractivity contribution in [3.05, 3.63) is 101 Å². The lowest BCUT2D eigenvalue weighted by Crippen LogP contribution is -2.18. The molecule has 0 aromatic heterocycles. The summed E-state index contributed by atoms with van der Waals surface area (Å²) in [4.78, 5) is 14.2. The third-order valence-electron chi connectivity index (χ3n) is 4.16. The maximum atomic E-state index is 13.8. The lowest BCUT2D eigenvalue weighted by molar-refractivity contribution is 0.102. The molecule has 0 saturated heterocycles. The third kappa shape index (κ3) is 5.21. The fourth-order valence-corrected chi connectivity index (χ4v) is 2.79. The molecule has 0 unspecified atom stereocenters. The van der Waals surface area contributed by atoms with Crippen LogP contribution in [0.15, 0.2) is 72.8 Å². The molecular weight excluding hydrogens is 346 g/mol. The van der Waals surface area contributed by atoms with E-state index >= 15 is 0 Å². The Morgan fingerprint density at radius 1 is 0.926 bits per heavy atom. The molecule has 1 N–H and O–H groups in total. The smallest absolute Gasteiger partial charge is 0.255 e. The molecule has 3 aromatic carbocycles. The van der Waals surface area contributed by atoms with Gasteiger partial charge in [-0.15, -0.1) is 0 Å². The number of halogens is 2. The molecule has 0 bridgehead atoms. The van der Waals surface area contributed by atoms with Crippen molar-refractivity contribution in [1.29, 1.82) is 0 Å². The number of rotatable bonds is 6. The average Bonchev–Trinajstić information content (AvgIpc) is 2.65. The Labute approximate surface area is 157 Å². The Bertz CT molecular complexity index is 911. The van der Waals surface area contributed by atoms with Gasteiger partial charge in [-0.1, -0.05) is 36.4 Å². The Hall–Kier alpha value is -3.05. The van der Waals surface area contributed by atoms with Gasteiger partial charge in [-0.3, -0.25) is 9.69 Å². The number of carbonyl (C=O) groups is 1. The fraction of sp³-hybridized carbons (Fsp3) is 0.136. The van der Waals surface area contributed by atoms with E-state index in [1.165, 1.54) is 12.1 Å². The predicted molar refractivity (Wildman–Crippen MR) is 102 cm³/mol. The van der Waals surface area contributed by atoms with Crippen LogP contribution in [0.4, 0.5) is 14.5 Å². The summed E-state index contributed by atoms with van der Waals surface area (Å²) in [6.45, 7) is 0.944. The van der Waals surface area contributed by atoms with Crippen LogP contribution in [0.1, 0.15) is 21.5 Å². The van der Waals surface area contributed by atoms with E-state index in [2.05, 4.69) is 5.32 Å². The van der Waals surface area contributed by atoms with Crippen LogP contribution in [0.5, 0.6) is 0 Å². The average molecular weight is 366 g/mol. The van der Waals surface area contributed by atoms with Gasteiger partial charge in [0.15, 0.2) is 0 Å². The highest BCUT2D eigenvalue weighted by atomic mass is 19.1. The number of nitrogens with one attached hydrogen (secondary N) is 1. The number of anilines is 1. The molecule has 0 spiro atoms. The van der Waals surface area contributed by atoms with Crippen LogP contribution < -0.4 is 5.32 Å². The van der Waals surface area contributed by atoms with Gasteiger partial charge in [0.25, 0.3) is 5.91 Å². The quantitative estimate of drug-likeness (QED) is 0.676. The van der Waals surface area contributed by atoms with E-state index in [0.717, 1.165) is 17.3 Å². The molecule has 0 fully saturated rings. The summed E-state index contributed by atoms with van der Waals surface area (Å²) < 4.78 is 26.7. The molecule has 0 atom stereocenters. The Morgan fingerprint density at radius 3 is 2.30 bits per heavy atom. The number of nitrogens with zero attached hydrogens (tertiary/aromatic N) is 1. The molecule has 1 amide bonds. The van der Waals surface area contributed by atoms with E-state index in [4.69, 9.17) is 0 Å². The summed E-state index contributed by atoms with van der Waals surface area (Å²) in [6, 6.07) is 20.1. The highest BCUT2D eigenvalue weighted by molar-refractivity contribution is 6.04. The molecule has 0 radical (unpaired) electrons. The summed E-state index contributed by atoms with van der Waals surface area (Å²) in [5, 5.41) is 2.84. The van der Waals surface area contributed by atoms with Gasteiger partial charge >= 0.3 is 0 Å². The summed E-state index contributed by atoms with van der Waals surface area (Å²) in [5.41, 5.74) is 2.75. The molecule has 0 saturated carbocycles. The zero-order valence-corrected chi connectivity index (χ0v) is 15.0. The normalized spacial score (nSPS) is 10.8. The van der Waals surface area contributed by atoms with E-state index in [1.54, 1.807) is 12.1 Å². The SMILES string of the molecule is CN(Cc1ccc(C(=O)Nc2ccccc2)cc1)Cc1ccc(F)cc1F. The Morgan fingerprint density at radius 2 is 1.63 bits per heavy atom. The first-order chi connectivity index (χ1) is 13.0. The minimum absolute atomic E-state index is 0.172. The van der Waals surface area contributed by atoms with Crippen molar-refractivity contribution in [2.45, 2.75) is 13.1 Å². The summed E-state index contributed by atoms with van der Waals surface area (Å²) in [5.74, 6) is -1.30. The number of carbonyl (C=O) groups excluding carboxylic acids is 1. The first-order valence-electron chi connectivity index (χ1n) is 8.59. The third-order valence-corrected chi connectivity index (χ3v) is 4.16. The van der Waals surface area contributed by atoms with Crippen molar-refractivity contribution in [3.8, 4) is 0 Å². The topological polar surface area (TPSA) is 32.3 Å².